The summed E-state index contributed by atoms with van der Waals surface area (Å²) in [6.07, 6.45) is 9.62. The highest BCUT2D eigenvalue weighted by Crippen LogP contribution is 2.39. The second-order valence-corrected chi connectivity index (χ2v) is 7.73. The molecule has 2 rings (SSSR count). The lowest BCUT2D eigenvalue weighted by Gasteiger charge is -2.35. The average Bonchev–Trinajstić information content (AvgIpc) is 3.11. The SMILES string of the molecule is CC(C)CNC(=NCC1(CCO)CCCCC1)NCCc1ccco1.I. The number of hydrogen-bond acceptors (Lipinski definition) is 3. The molecule has 0 saturated heterocycles. The fourth-order valence-electron chi connectivity index (χ4n) is 3.51. The molecule has 1 aliphatic rings. The van der Waals surface area contributed by atoms with Crippen LogP contribution in [-0.2, 0) is 6.42 Å². The summed E-state index contributed by atoms with van der Waals surface area (Å²) in [7, 11) is 0. The van der Waals surface area contributed by atoms with E-state index in [2.05, 4.69) is 24.5 Å². The Bertz CT molecular complexity index is 492. The van der Waals surface area contributed by atoms with Crippen LogP contribution in [0.5, 0.6) is 0 Å². The van der Waals surface area contributed by atoms with Crippen LogP contribution in [0, 0.1) is 11.3 Å². The van der Waals surface area contributed by atoms with E-state index in [1.165, 1.54) is 32.1 Å². The molecule has 1 heterocycles. The number of furan rings is 1. The number of aliphatic imine (C=N–C) groups is 1. The van der Waals surface area contributed by atoms with E-state index in [4.69, 9.17) is 9.41 Å². The Morgan fingerprint density at radius 3 is 2.65 bits per heavy atom. The Labute approximate surface area is 175 Å². The van der Waals surface area contributed by atoms with Gasteiger partial charge in [-0.15, -0.1) is 24.0 Å². The van der Waals surface area contributed by atoms with Crippen molar-refractivity contribution in [1.82, 2.24) is 10.6 Å². The molecule has 5 nitrogen and oxygen atoms in total. The van der Waals surface area contributed by atoms with Crippen molar-refractivity contribution in [2.45, 2.75) is 58.8 Å². The van der Waals surface area contributed by atoms with Gasteiger partial charge in [-0.25, -0.2) is 0 Å². The van der Waals surface area contributed by atoms with Crippen molar-refractivity contribution in [1.29, 1.82) is 0 Å². The maximum absolute atomic E-state index is 9.48. The first-order valence-electron chi connectivity index (χ1n) is 9.79. The van der Waals surface area contributed by atoms with Gasteiger partial charge in [0.25, 0.3) is 0 Å². The molecule has 0 amide bonds. The third-order valence-corrected chi connectivity index (χ3v) is 5.05. The van der Waals surface area contributed by atoms with Gasteiger partial charge >= 0.3 is 0 Å². The number of nitrogens with zero attached hydrogens (tertiary/aromatic N) is 1. The molecule has 1 aromatic heterocycles. The summed E-state index contributed by atoms with van der Waals surface area (Å²) in [5, 5.41) is 16.4. The van der Waals surface area contributed by atoms with Gasteiger partial charge in [0.2, 0.25) is 0 Å². The van der Waals surface area contributed by atoms with E-state index in [0.29, 0.717) is 5.92 Å². The molecule has 0 aromatic carbocycles. The van der Waals surface area contributed by atoms with Crippen molar-refractivity contribution in [3.63, 3.8) is 0 Å². The summed E-state index contributed by atoms with van der Waals surface area (Å²) in [5.41, 5.74) is 0.181. The molecular weight excluding hydrogens is 441 g/mol. The van der Waals surface area contributed by atoms with Crippen LogP contribution in [0.1, 0.15) is 58.1 Å². The minimum atomic E-state index is 0. The number of nitrogens with one attached hydrogen (secondary N) is 2. The van der Waals surface area contributed by atoms with Gasteiger partial charge in [0.1, 0.15) is 5.76 Å². The average molecular weight is 477 g/mol. The van der Waals surface area contributed by atoms with Crippen molar-refractivity contribution >= 4 is 29.9 Å². The number of hydrogen-bond donors (Lipinski definition) is 3. The van der Waals surface area contributed by atoms with E-state index < -0.39 is 0 Å². The Hall–Kier alpha value is -0.760. The zero-order valence-electron chi connectivity index (χ0n) is 16.3. The predicted molar refractivity (Wildman–Crippen MR) is 118 cm³/mol. The van der Waals surface area contributed by atoms with E-state index in [0.717, 1.165) is 44.2 Å². The van der Waals surface area contributed by atoms with Crippen molar-refractivity contribution in [3.05, 3.63) is 24.2 Å². The number of rotatable bonds is 9. The van der Waals surface area contributed by atoms with E-state index in [-0.39, 0.29) is 36.0 Å². The number of halogens is 1. The molecule has 0 aliphatic heterocycles. The molecular formula is C20H36IN3O2. The molecule has 0 unspecified atom stereocenters. The minimum absolute atomic E-state index is 0. The maximum atomic E-state index is 9.48. The van der Waals surface area contributed by atoms with Crippen molar-refractivity contribution in [2.75, 3.05) is 26.2 Å². The van der Waals surface area contributed by atoms with Gasteiger partial charge in [-0.3, -0.25) is 4.99 Å². The molecule has 0 spiro atoms. The highest BCUT2D eigenvalue weighted by molar-refractivity contribution is 14.0. The van der Waals surface area contributed by atoms with Gasteiger partial charge in [-0.05, 0) is 42.7 Å². The van der Waals surface area contributed by atoms with Gasteiger partial charge in [0.15, 0.2) is 5.96 Å². The molecule has 1 aliphatic carbocycles. The summed E-state index contributed by atoms with van der Waals surface area (Å²) in [6.45, 7) is 7.14. The molecule has 1 fully saturated rings. The van der Waals surface area contributed by atoms with Crippen LogP contribution >= 0.6 is 24.0 Å². The standard InChI is InChI=1S/C20H35N3O2.HI/c1-17(2)15-22-19(21-12-8-18-7-6-14-25-18)23-16-20(11-13-24)9-4-3-5-10-20;/h6-7,14,17,24H,3-5,8-13,15-16H2,1-2H3,(H2,21,22,23);1H. The van der Waals surface area contributed by atoms with E-state index in [9.17, 15) is 5.11 Å². The van der Waals surface area contributed by atoms with Crippen LogP contribution in [0.4, 0.5) is 0 Å². The molecule has 1 saturated carbocycles. The fourth-order valence-corrected chi connectivity index (χ4v) is 3.51. The van der Waals surface area contributed by atoms with Gasteiger partial charge in [0.05, 0.1) is 6.26 Å². The predicted octanol–water partition coefficient (Wildman–Crippen LogP) is 3.96. The molecule has 0 radical (unpaired) electrons. The Morgan fingerprint density at radius 1 is 1.27 bits per heavy atom. The summed E-state index contributed by atoms with van der Waals surface area (Å²) in [6, 6.07) is 3.92. The number of guanidine groups is 1. The van der Waals surface area contributed by atoms with Gasteiger partial charge in [-0.1, -0.05) is 33.1 Å². The highest BCUT2D eigenvalue weighted by Gasteiger charge is 2.31. The maximum Gasteiger partial charge on any atom is 0.191 e. The van der Waals surface area contributed by atoms with E-state index in [1.54, 1.807) is 6.26 Å². The first kappa shape index (κ1) is 23.3. The third kappa shape index (κ3) is 8.29. The Morgan fingerprint density at radius 2 is 2.04 bits per heavy atom. The quantitative estimate of drug-likeness (QED) is 0.286. The second-order valence-electron chi connectivity index (χ2n) is 7.73. The van der Waals surface area contributed by atoms with Gasteiger partial charge in [0, 0.05) is 32.7 Å². The summed E-state index contributed by atoms with van der Waals surface area (Å²) in [5.74, 6) is 2.43. The normalized spacial score (nSPS) is 17.0. The van der Waals surface area contributed by atoms with Gasteiger partial charge in [-0.2, -0.15) is 0 Å². The monoisotopic (exact) mass is 477 g/mol. The lowest BCUT2D eigenvalue weighted by molar-refractivity contribution is 0.137. The molecule has 0 atom stereocenters. The molecule has 6 heteroatoms. The lowest BCUT2D eigenvalue weighted by Crippen LogP contribution is -2.41. The number of aliphatic hydroxyl groups is 1. The lowest BCUT2D eigenvalue weighted by atomic mass is 9.72. The first-order chi connectivity index (χ1) is 12.1. The van der Waals surface area contributed by atoms with Crippen molar-refractivity contribution in [3.8, 4) is 0 Å². The minimum Gasteiger partial charge on any atom is -0.469 e. The van der Waals surface area contributed by atoms with Crippen LogP contribution < -0.4 is 10.6 Å². The van der Waals surface area contributed by atoms with Crippen LogP contribution in [0.15, 0.2) is 27.8 Å². The van der Waals surface area contributed by atoms with Crippen LogP contribution in [0.25, 0.3) is 0 Å². The second kappa shape index (κ2) is 12.6. The third-order valence-electron chi connectivity index (χ3n) is 5.05. The molecule has 26 heavy (non-hydrogen) atoms. The zero-order chi connectivity index (χ0) is 18.0. The summed E-state index contributed by atoms with van der Waals surface area (Å²) >= 11 is 0. The summed E-state index contributed by atoms with van der Waals surface area (Å²) < 4.78 is 5.39. The fraction of sp³-hybridized carbons (Fsp3) is 0.750. The van der Waals surface area contributed by atoms with Crippen LogP contribution in [0.2, 0.25) is 0 Å². The van der Waals surface area contributed by atoms with E-state index >= 15 is 0 Å². The van der Waals surface area contributed by atoms with Crippen molar-refractivity contribution < 1.29 is 9.52 Å². The largest absolute Gasteiger partial charge is 0.469 e. The smallest absolute Gasteiger partial charge is 0.191 e. The topological polar surface area (TPSA) is 69.8 Å². The first-order valence-corrected chi connectivity index (χ1v) is 9.79. The zero-order valence-corrected chi connectivity index (χ0v) is 18.6. The van der Waals surface area contributed by atoms with Gasteiger partial charge < -0.3 is 20.2 Å². The number of aliphatic hydroxyl groups excluding tert-OH is 1. The molecule has 150 valence electrons. The summed E-state index contributed by atoms with van der Waals surface area (Å²) in [4.78, 5) is 4.88. The Balaban J connectivity index is 0.00000338. The van der Waals surface area contributed by atoms with Crippen LogP contribution in [-0.4, -0.2) is 37.3 Å². The van der Waals surface area contributed by atoms with Crippen LogP contribution in [0.3, 0.4) is 0 Å². The molecule has 3 N–H and O–H groups in total. The Kier molecular flexibility index (Phi) is 11.3. The highest BCUT2D eigenvalue weighted by atomic mass is 127. The molecule has 1 aromatic rings. The van der Waals surface area contributed by atoms with E-state index in [1.807, 2.05) is 12.1 Å². The van der Waals surface area contributed by atoms with Crippen molar-refractivity contribution in [2.24, 2.45) is 16.3 Å². The molecule has 0 bridgehead atoms.